The van der Waals surface area contributed by atoms with Crippen LogP contribution in [0.4, 0.5) is 0 Å². The van der Waals surface area contributed by atoms with Crippen molar-refractivity contribution < 1.29 is 9.56 Å². The molecule has 0 aromatic rings. The summed E-state index contributed by atoms with van der Waals surface area (Å²) in [4.78, 5) is 4.90. The van der Waals surface area contributed by atoms with Crippen LogP contribution in [0.2, 0.25) is 0 Å². The summed E-state index contributed by atoms with van der Waals surface area (Å²) in [5.41, 5.74) is 0. The Morgan fingerprint density at radius 2 is 1.91 bits per heavy atom. The van der Waals surface area contributed by atoms with Gasteiger partial charge in [-0.25, -0.2) is 4.89 Å². The average Bonchev–Trinajstić information content (AvgIpc) is 2.58. The predicted molar refractivity (Wildman–Crippen MR) is 44.2 cm³/mol. The van der Waals surface area contributed by atoms with Crippen LogP contribution in [0.3, 0.4) is 0 Å². The molecule has 1 atom stereocenters. The van der Waals surface area contributed by atoms with Crippen molar-refractivity contribution in [1.29, 1.82) is 0 Å². The lowest BCUT2D eigenvalue weighted by atomic mass is 10.2. The minimum Gasteiger partial charge on any atom is -0.258 e. The van der Waals surface area contributed by atoms with E-state index >= 15 is 0 Å². The fourth-order valence-corrected chi connectivity index (χ4v) is 3.15. The smallest absolute Gasteiger partial charge is 0.148 e. The lowest BCUT2D eigenvalue weighted by molar-refractivity contribution is -0.178. The standard InChI is InChI=1S/C7H14NO2P/c1-2-4-8(5-3-1)11-7-6-9-10-11/h1-7H2. The molecule has 0 bridgehead atoms. The van der Waals surface area contributed by atoms with Gasteiger partial charge in [-0.15, -0.1) is 0 Å². The van der Waals surface area contributed by atoms with Crippen molar-refractivity contribution in [3.63, 3.8) is 0 Å². The van der Waals surface area contributed by atoms with Crippen LogP contribution in [-0.2, 0) is 9.56 Å². The zero-order valence-electron chi connectivity index (χ0n) is 6.66. The second-order valence-corrected chi connectivity index (χ2v) is 4.85. The van der Waals surface area contributed by atoms with Crippen molar-refractivity contribution in [2.45, 2.75) is 19.3 Å². The summed E-state index contributed by atoms with van der Waals surface area (Å²) in [6, 6.07) is 0. The minimum absolute atomic E-state index is 0.352. The maximum absolute atomic E-state index is 5.18. The third kappa shape index (κ3) is 1.91. The molecule has 4 heteroatoms. The van der Waals surface area contributed by atoms with Gasteiger partial charge in [0.15, 0.2) is 0 Å². The molecule has 2 heterocycles. The molecule has 0 spiro atoms. The van der Waals surface area contributed by atoms with Gasteiger partial charge in [0.25, 0.3) is 0 Å². The van der Waals surface area contributed by atoms with E-state index in [1.807, 2.05) is 0 Å². The maximum atomic E-state index is 5.18. The Labute approximate surface area is 68.5 Å². The number of nitrogens with zero attached hydrogens (tertiary/aromatic N) is 1. The first-order valence-corrected chi connectivity index (χ1v) is 5.68. The third-order valence-electron chi connectivity index (χ3n) is 2.15. The van der Waals surface area contributed by atoms with Gasteiger partial charge in [0.05, 0.1) is 6.61 Å². The van der Waals surface area contributed by atoms with E-state index in [1.54, 1.807) is 0 Å². The Morgan fingerprint density at radius 1 is 1.09 bits per heavy atom. The van der Waals surface area contributed by atoms with Gasteiger partial charge in [0, 0.05) is 19.3 Å². The fourth-order valence-electron chi connectivity index (χ4n) is 1.54. The van der Waals surface area contributed by atoms with Gasteiger partial charge in [0.2, 0.25) is 0 Å². The molecule has 2 fully saturated rings. The maximum Gasteiger partial charge on any atom is 0.148 e. The first-order valence-electron chi connectivity index (χ1n) is 4.29. The number of hydrogen-bond donors (Lipinski definition) is 0. The number of rotatable bonds is 1. The fraction of sp³-hybridized carbons (Fsp3) is 1.00. The van der Waals surface area contributed by atoms with Gasteiger partial charge in [-0.2, -0.15) is 4.67 Å². The second-order valence-electron chi connectivity index (χ2n) is 2.99. The molecule has 0 aliphatic carbocycles. The molecule has 3 nitrogen and oxygen atoms in total. The van der Waals surface area contributed by atoms with Crippen LogP contribution in [0.25, 0.3) is 0 Å². The van der Waals surface area contributed by atoms with Crippen LogP contribution in [-0.4, -0.2) is 30.5 Å². The summed E-state index contributed by atoms with van der Waals surface area (Å²) in [5.74, 6) is 0. The molecule has 2 rings (SSSR count). The monoisotopic (exact) mass is 175 g/mol. The highest BCUT2D eigenvalue weighted by molar-refractivity contribution is 7.50. The molecule has 2 saturated heterocycles. The van der Waals surface area contributed by atoms with Crippen LogP contribution in [0, 0.1) is 0 Å². The molecule has 0 N–H and O–H groups in total. The van der Waals surface area contributed by atoms with Crippen LogP contribution in [0.5, 0.6) is 0 Å². The molecular weight excluding hydrogens is 161 g/mol. The Morgan fingerprint density at radius 3 is 2.55 bits per heavy atom. The van der Waals surface area contributed by atoms with Crippen LogP contribution in [0.1, 0.15) is 19.3 Å². The molecule has 0 radical (unpaired) electrons. The molecule has 0 aromatic carbocycles. The molecule has 2 aliphatic rings. The molecule has 1 unspecified atom stereocenters. The Hall–Kier alpha value is 0.310. The van der Waals surface area contributed by atoms with Gasteiger partial charge in [-0.1, -0.05) is 6.42 Å². The Kier molecular flexibility index (Phi) is 2.75. The van der Waals surface area contributed by atoms with E-state index in [-0.39, 0.29) is 8.30 Å². The zero-order valence-corrected chi connectivity index (χ0v) is 7.56. The SMILES string of the molecule is C1CCN(P2CCOO2)CC1. The summed E-state index contributed by atoms with van der Waals surface area (Å²) >= 11 is 0. The van der Waals surface area contributed by atoms with Crippen LogP contribution < -0.4 is 0 Å². The van der Waals surface area contributed by atoms with Gasteiger partial charge in [-0.05, 0) is 12.8 Å². The van der Waals surface area contributed by atoms with Gasteiger partial charge in [0.1, 0.15) is 8.30 Å². The lowest BCUT2D eigenvalue weighted by Gasteiger charge is -2.28. The van der Waals surface area contributed by atoms with E-state index in [0.717, 1.165) is 12.8 Å². The largest absolute Gasteiger partial charge is 0.258 e. The Balaban J connectivity index is 1.82. The molecular formula is C7H14NO2P. The second kappa shape index (κ2) is 3.81. The molecule has 11 heavy (non-hydrogen) atoms. The molecule has 0 aromatic heterocycles. The molecule has 2 aliphatic heterocycles. The predicted octanol–water partition coefficient (Wildman–Crippen LogP) is 1.75. The van der Waals surface area contributed by atoms with Crippen molar-refractivity contribution in [2.75, 3.05) is 25.9 Å². The van der Waals surface area contributed by atoms with E-state index in [4.69, 9.17) is 9.56 Å². The molecule has 0 saturated carbocycles. The number of hydrogen-bond acceptors (Lipinski definition) is 3. The first-order chi connectivity index (χ1) is 5.47. The van der Waals surface area contributed by atoms with Crippen molar-refractivity contribution in [2.24, 2.45) is 0 Å². The Bertz CT molecular complexity index is 122. The van der Waals surface area contributed by atoms with Gasteiger partial charge >= 0.3 is 0 Å². The summed E-state index contributed by atoms with van der Waals surface area (Å²) < 4.78 is 7.63. The zero-order chi connectivity index (χ0) is 7.52. The van der Waals surface area contributed by atoms with E-state index in [9.17, 15) is 0 Å². The van der Waals surface area contributed by atoms with Crippen LogP contribution in [0.15, 0.2) is 0 Å². The van der Waals surface area contributed by atoms with Crippen molar-refractivity contribution >= 4 is 8.30 Å². The van der Waals surface area contributed by atoms with Crippen molar-refractivity contribution in [3.8, 4) is 0 Å². The summed E-state index contributed by atoms with van der Waals surface area (Å²) in [6.45, 7) is 3.23. The molecule has 0 amide bonds. The lowest BCUT2D eigenvalue weighted by Crippen LogP contribution is -2.25. The van der Waals surface area contributed by atoms with E-state index in [0.29, 0.717) is 0 Å². The average molecular weight is 175 g/mol. The highest BCUT2D eigenvalue weighted by Gasteiger charge is 2.26. The van der Waals surface area contributed by atoms with Gasteiger partial charge in [-0.3, -0.25) is 4.67 Å². The number of piperidine rings is 1. The normalized spacial score (nSPS) is 34.4. The summed E-state index contributed by atoms with van der Waals surface area (Å²) in [6.07, 6.45) is 5.17. The minimum atomic E-state index is -0.352. The van der Waals surface area contributed by atoms with Crippen molar-refractivity contribution in [1.82, 2.24) is 4.67 Å². The third-order valence-corrected chi connectivity index (χ3v) is 4.03. The quantitative estimate of drug-likeness (QED) is 0.447. The van der Waals surface area contributed by atoms with Gasteiger partial charge < -0.3 is 0 Å². The highest BCUT2D eigenvalue weighted by atomic mass is 31.2. The first kappa shape index (κ1) is 7.93. The van der Waals surface area contributed by atoms with Crippen LogP contribution >= 0.6 is 8.30 Å². The van der Waals surface area contributed by atoms with E-state index in [1.165, 1.54) is 32.4 Å². The highest BCUT2D eigenvalue weighted by Crippen LogP contribution is 2.46. The van der Waals surface area contributed by atoms with E-state index in [2.05, 4.69) is 4.67 Å². The van der Waals surface area contributed by atoms with E-state index < -0.39 is 0 Å². The summed E-state index contributed by atoms with van der Waals surface area (Å²) in [7, 11) is -0.352. The topological polar surface area (TPSA) is 21.7 Å². The molecule has 64 valence electrons. The van der Waals surface area contributed by atoms with Crippen molar-refractivity contribution in [3.05, 3.63) is 0 Å². The summed E-state index contributed by atoms with van der Waals surface area (Å²) in [5, 5.41) is 0.